The number of esters is 1. The Morgan fingerprint density at radius 1 is 1.07 bits per heavy atom. The van der Waals surface area contributed by atoms with Gasteiger partial charge in [0.25, 0.3) is 11.6 Å². The minimum atomic E-state index is -0.602. The number of nitro benzene ring substituents is 1. The highest BCUT2D eigenvalue weighted by molar-refractivity contribution is 5.95. The molecule has 0 saturated carbocycles. The number of hydrogen-bond acceptors (Lipinski definition) is 6. The van der Waals surface area contributed by atoms with E-state index in [9.17, 15) is 19.7 Å². The molecule has 0 aliphatic carbocycles. The fraction of sp³-hybridized carbons (Fsp3) is 0.158. The molecule has 9 heteroatoms. The molecule has 2 aromatic carbocycles. The van der Waals surface area contributed by atoms with Gasteiger partial charge in [-0.2, -0.15) is 0 Å². The van der Waals surface area contributed by atoms with Crippen molar-refractivity contribution in [2.75, 3.05) is 25.0 Å². The number of amides is 1. The Bertz CT molecular complexity index is 964. The van der Waals surface area contributed by atoms with Crippen LogP contribution in [0.5, 0.6) is 0 Å². The number of non-ortho nitro benzene ring substituents is 1. The average molecular weight is 382 g/mol. The lowest BCUT2D eigenvalue weighted by molar-refractivity contribution is -0.384. The lowest BCUT2D eigenvalue weighted by Crippen LogP contribution is -2.32. The van der Waals surface area contributed by atoms with Crippen LogP contribution in [0, 0.1) is 10.1 Å². The summed E-state index contributed by atoms with van der Waals surface area (Å²) in [6.45, 7) is 0.338. The molecular formula is C19H18N4O5. The summed E-state index contributed by atoms with van der Waals surface area (Å²) >= 11 is 0. The van der Waals surface area contributed by atoms with Gasteiger partial charge in [-0.25, -0.2) is 4.79 Å². The summed E-state index contributed by atoms with van der Waals surface area (Å²) in [7, 11) is 0. The van der Waals surface area contributed by atoms with Gasteiger partial charge in [-0.05, 0) is 24.3 Å². The van der Waals surface area contributed by atoms with Crippen LogP contribution >= 0.6 is 0 Å². The number of nitro groups is 1. The molecule has 3 rings (SSSR count). The second-order valence-electron chi connectivity index (χ2n) is 5.93. The molecule has 0 fully saturated rings. The molecule has 1 aromatic heterocycles. The predicted molar refractivity (Wildman–Crippen MR) is 103 cm³/mol. The zero-order valence-corrected chi connectivity index (χ0v) is 14.8. The third-order valence-electron chi connectivity index (χ3n) is 3.94. The van der Waals surface area contributed by atoms with Crippen LogP contribution in [0.15, 0.2) is 54.6 Å². The zero-order chi connectivity index (χ0) is 19.9. The van der Waals surface area contributed by atoms with Crippen LogP contribution in [0.2, 0.25) is 0 Å². The number of nitrogens with one attached hydrogen (secondary N) is 3. The molecule has 3 aromatic rings. The lowest BCUT2D eigenvalue weighted by Gasteiger charge is -2.08. The standard InChI is InChI=1S/C19H18N4O5/c24-18(21-10-9-20-14-5-7-15(8-6-14)23(26)27)12-28-19(25)17-11-13-3-1-2-4-16(13)22-17/h1-8,11,20,22H,9-10,12H2,(H,21,24). The van der Waals surface area contributed by atoms with Crippen molar-refractivity contribution in [1.29, 1.82) is 0 Å². The molecule has 144 valence electrons. The van der Waals surface area contributed by atoms with Crippen LogP contribution in [0.25, 0.3) is 10.9 Å². The smallest absolute Gasteiger partial charge is 0.355 e. The lowest BCUT2D eigenvalue weighted by atomic mass is 10.2. The van der Waals surface area contributed by atoms with Gasteiger partial charge in [0.05, 0.1) is 4.92 Å². The van der Waals surface area contributed by atoms with Crippen LogP contribution in [-0.2, 0) is 9.53 Å². The largest absolute Gasteiger partial charge is 0.451 e. The first kappa shape index (κ1) is 18.9. The quantitative estimate of drug-likeness (QED) is 0.238. The van der Waals surface area contributed by atoms with Gasteiger partial charge in [0, 0.05) is 41.8 Å². The summed E-state index contributed by atoms with van der Waals surface area (Å²) in [6.07, 6.45) is 0. The van der Waals surface area contributed by atoms with E-state index in [0.29, 0.717) is 18.8 Å². The third-order valence-corrected chi connectivity index (χ3v) is 3.94. The first-order valence-electron chi connectivity index (χ1n) is 8.53. The number of aromatic nitrogens is 1. The molecule has 0 unspecified atom stereocenters. The van der Waals surface area contributed by atoms with E-state index in [1.54, 1.807) is 18.2 Å². The van der Waals surface area contributed by atoms with Crippen molar-refractivity contribution in [3.05, 3.63) is 70.4 Å². The number of para-hydroxylation sites is 1. The Hall–Kier alpha value is -3.88. The molecule has 0 bridgehead atoms. The van der Waals surface area contributed by atoms with E-state index in [4.69, 9.17) is 4.74 Å². The Kier molecular flexibility index (Phi) is 5.85. The van der Waals surface area contributed by atoms with Crippen molar-refractivity contribution in [2.45, 2.75) is 0 Å². The van der Waals surface area contributed by atoms with Gasteiger partial charge in [0.15, 0.2) is 6.61 Å². The van der Waals surface area contributed by atoms with Crippen LogP contribution in [0.4, 0.5) is 11.4 Å². The number of anilines is 1. The highest BCUT2D eigenvalue weighted by Gasteiger charge is 2.12. The molecule has 9 nitrogen and oxygen atoms in total. The predicted octanol–water partition coefficient (Wildman–Crippen LogP) is 2.46. The van der Waals surface area contributed by atoms with Crippen LogP contribution in [0.3, 0.4) is 0 Å². The van der Waals surface area contributed by atoms with E-state index in [1.807, 2.05) is 24.3 Å². The number of rotatable bonds is 8. The highest BCUT2D eigenvalue weighted by Crippen LogP contribution is 2.16. The number of ether oxygens (including phenoxy) is 1. The number of hydrogen-bond donors (Lipinski definition) is 3. The molecule has 0 atom stereocenters. The number of aromatic amines is 1. The molecule has 0 saturated heterocycles. The monoisotopic (exact) mass is 382 g/mol. The highest BCUT2D eigenvalue weighted by atomic mass is 16.6. The average Bonchev–Trinajstić information content (AvgIpc) is 3.14. The van der Waals surface area contributed by atoms with Crippen molar-refractivity contribution >= 4 is 34.2 Å². The first-order valence-corrected chi connectivity index (χ1v) is 8.53. The van der Waals surface area contributed by atoms with Crippen molar-refractivity contribution in [1.82, 2.24) is 10.3 Å². The molecular weight excluding hydrogens is 364 g/mol. The normalized spacial score (nSPS) is 10.4. The summed E-state index contributed by atoms with van der Waals surface area (Å²) in [5.74, 6) is -1.02. The molecule has 0 spiro atoms. The minimum absolute atomic E-state index is 0.00984. The van der Waals surface area contributed by atoms with Crippen LogP contribution in [-0.4, -0.2) is 41.5 Å². The van der Waals surface area contributed by atoms with Crippen molar-refractivity contribution in [3.63, 3.8) is 0 Å². The number of benzene rings is 2. The number of carbonyl (C=O) groups is 2. The Labute approximate surface area is 159 Å². The van der Waals surface area contributed by atoms with Gasteiger partial charge >= 0.3 is 5.97 Å². The van der Waals surface area contributed by atoms with Crippen molar-refractivity contribution < 1.29 is 19.2 Å². The second kappa shape index (κ2) is 8.67. The maximum absolute atomic E-state index is 12.0. The summed E-state index contributed by atoms with van der Waals surface area (Å²) in [4.78, 5) is 36.9. The van der Waals surface area contributed by atoms with Gasteiger partial charge < -0.3 is 20.4 Å². The Morgan fingerprint density at radius 2 is 1.82 bits per heavy atom. The summed E-state index contributed by atoms with van der Waals surface area (Å²) in [6, 6.07) is 15.1. The summed E-state index contributed by atoms with van der Waals surface area (Å²) < 4.78 is 5.00. The zero-order valence-electron chi connectivity index (χ0n) is 14.8. The van der Waals surface area contributed by atoms with E-state index in [-0.39, 0.29) is 18.0 Å². The third kappa shape index (κ3) is 4.85. The Balaban J connectivity index is 1.37. The van der Waals surface area contributed by atoms with Crippen molar-refractivity contribution in [3.8, 4) is 0 Å². The van der Waals surface area contributed by atoms with E-state index in [0.717, 1.165) is 10.9 Å². The van der Waals surface area contributed by atoms with Crippen LogP contribution < -0.4 is 10.6 Å². The first-order chi connectivity index (χ1) is 13.5. The molecule has 1 heterocycles. The number of carbonyl (C=O) groups excluding carboxylic acids is 2. The molecule has 0 aliphatic rings. The molecule has 1 amide bonds. The van der Waals surface area contributed by atoms with E-state index in [1.165, 1.54) is 12.1 Å². The second-order valence-corrected chi connectivity index (χ2v) is 5.93. The summed E-state index contributed by atoms with van der Waals surface area (Å²) in [5, 5.41) is 17.1. The fourth-order valence-corrected chi connectivity index (χ4v) is 2.55. The molecule has 3 N–H and O–H groups in total. The topological polar surface area (TPSA) is 126 Å². The molecule has 0 radical (unpaired) electrons. The van der Waals surface area contributed by atoms with E-state index in [2.05, 4.69) is 15.6 Å². The SMILES string of the molecule is O=C(COC(=O)c1cc2ccccc2[nH]1)NCCNc1ccc([N+](=O)[O-])cc1. The van der Waals surface area contributed by atoms with E-state index >= 15 is 0 Å². The molecule has 0 aliphatic heterocycles. The Morgan fingerprint density at radius 3 is 2.54 bits per heavy atom. The van der Waals surface area contributed by atoms with Gasteiger partial charge in [-0.15, -0.1) is 0 Å². The van der Waals surface area contributed by atoms with Gasteiger partial charge in [-0.1, -0.05) is 18.2 Å². The number of nitrogens with zero attached hydrogens (tertiary/aromatic N) is 1. The molecule has 28 heavy (non-hydrogen) atoms. The van der Waals surface area contributed by atoms with Crippen molar-refractivity contribution in [2.24, 2.45) is 0 Å². The van der Waals surface area contributed by atoms with E-state index < -0.39 is 16.8 Å². The fourth-order valence-electron chi connectivity index (χ4n) is 2.55. The minimum Gasteiger partial charge on any atom is -0.451 e. The number of fused-ring (bicyclic) bond motifs is 1. The van der Waals surface area contributed by atoms with Gasteiger partial charge in [-0.3, -0.25) is 14.9 Å². The van der Waals surface area contributed by atoms with Gasteiger partial charge in [0.2, 0.25) is 0 Å². The summed E-state index contributed by atoms with van der Waals surface area (Å²) in [5.41, 5.74) is 1.81. The van der Waals surface area contributed by atoms with Gasteiger partial charge in [0.1, 0.15) is 5.69 Å². The maximum atomic E-state index is 12.0. The van der Waals surface area contributed by atoms with Crippen LogP contribution in [0.1, 0.15) is 10.5 Å². The maximum Gasteiger partial charge on any atom is 0.355 e. The number of H-pyrrole nitrogens is 1.